The number of aryl methyl sites for hydroxylation is 1. The molecule has 0 radical (unpaired) electrons. The first-order valence-electron chi connectivity index (χ1n) is 9.47. The SMILES string of the molecule is Cc1ccc(C(=O)N2CCCC(C(=O)Nc3ccc(S(=O)(=O)C(F)F)cc3)C2)cc1. The number of hydrogen-bond acceptors (Lipinski definition) is 4. The van der Waals surface area contributed by atoms with Gasteiger partial charge in [-0.3, -0.25) is 9.59 Å². The molecule has 1 atom stereocenters. The van der Waals surface area contributed by atoms with E-state index in [2.05, 4.69) is 5.32 Å². The van der Waals surface area contributed by atoms with Crippen molar-refractivity contribution in [2.45, 2.75) is 30.4 Å². The van der Waals surface area contributed by atoms with Crippen LogP contribution in [0.25, 0.3) is 0 Å². The second-order valence-electron chi connectivity index (χ2n) is 7.28. The van der Waals surface area contributed by atoms with Crippen molar-refractivity contribution in [2.75, 3.05) is 18.4 Å². The molecule has 160 valence electrons. The first-order chi connectivity index (χ1) is 14.2. The number of alkyl halides is 2. The maximum absolute atomic E-state index is 12.7. The zero-order chi connectivity index (χ0) is 21.9. The van der Waals surface area contributed by atoms with Crippen molar-refractivity contribution in [1.29, 1.82) is 0 Å². The second-order valence-corrected chi connectivity index (χ2v) is 9.19. The molecular formula is C21H22F2N2O4S. The van der Waals surface area contributed by atoms with Crippen molar-refractivity contribution >= 4 is 27.3 Å². The summed E-state index contributed by atoms with van der Waals surface area (Å²) in [6.45, 7) is 2.78. The van der Waals surface area contributed by atoms with Crippen molar-refractivity contribution in [3.63, 3.8) is 0 Å². The number of carbonyl (C=O) groups is 2. The van der Waals surface area contributed by atoms with Crippen molar-refractivity contribution in [1.82, 2.24) is 4.90 Å². The van der Waals surface area contributed by atoms with Gasteiger partial charge in [0, 0.05) is 24.3 Å². The first-order valence-corrected chi connectivity index (χ1v) is 11.0. The molecule has 0 aromatic heterocycles. The third-order valence-electron chi connectivity index (χ3n) is 5.06. The monoisotopic (exact) mass is 436 g/mol. The number of sulfone groups is 1. The maximum atomic E-state index is 12.7. The van der Waals surface area contributed by atoms with E-state index in [1.165, 1.54) is 12.1 Å². The number of amides is 2. The number of benzene rings is 2. The Labute approximate surface area is 173 Å². The molecule has 2 amide bonds. The Morgan fingerprint density at radius 2 is 1.70 bits per heavy atom. The highest BCUT2D eigenvalue weighted by molar-refractivity contribution is 7.91. The number of carbonyl (C=O) groups excluding carboxylic acids is 2. The molecule has 2 aromatic rings. The second kappa shape index (κ2) is 8.91. The van der Waals surface area contributed by atoms with E-state index < -0.39 is 26.4 Å². The van der Waals surface area contributed by atoms with E-state index in [4.69, 9.17) is 0 Å². The molecule has 6 nitrogen and oxygen atoms in total. The predicted octanol–water partition coefficient (Wildman–Crippen LogP) is 3.48. The summed E-state index contributed by atoms with van der Waals surface area (Å²) in [5.74, 6) is -4.36. The molecule has 0 spiro atoms. The minimum atomic E-state index is -4.68. The van der Waals surface area contributed by atoms with Crippen LogP contribution in [0.15, 0.2) is 53.4 Å². The molecule has 0 bridgehead atoms. The van der Waals surface area contributed by atoms with Crippen LogP contribution in [0.3, 0.4) is 0 Å². The van der Waals surface area contributed by atoms with E-state index in [0.717, 1.165) is 17.7 Å². The summed E-state index contributed by atoms with van der Waals surface area (Å²) in [5.41, 5.74) is 1.92. The molecule has 1 unspecified atom stereocenters. The van der Waals surface area contributed by atoms with Crippen LogP contribution >= 0.6 is 0 Å². The number of likely N-dealkylation sites (tertiary alicyclic amines) is 1. The lowest BCUT2D eigenvalue weighted by molar-refractivity contribution is -0.121. The number of piperidine rings is 1. The van der Waals surface area contributed by atoms with Gasteiger partial charge < -0.3 is 10.2 Å². The molecule has 2 aromatic carbocycles. The Bertz CT molecular complexity index is 1020. The van der Waals surface area contributed by atoms with Gasteiger partial charge in [-0.2, -0.15) is 8.78 Å². The van der Waals surface area contributed by atoms with Crippen LogP contribution in [-0.2, 0) is 14.6 Å². The van der Waals surface area contributed by atoms with Crippen LogP contribution in [0, 0.1) is 12.8 Å². The van der Waals surface area contributed by atoms with Crippen LogP contribution in [0.4, 0.5) is 14.5 Å². The first kappa shape index (κ1) is 21.9. The van der Waals surface area contributed by atoms with Gasteiger partial charge in [-0.1, -0.05) is 17.7 Å². The molecule has 1 saturated heterocycles. The summed E-state index contributed by atoms with van der Waals surface area (Å²) >= 11 is 0. The van der Waals surface area contributed by atoms with E-state index >= 15 is 0 Å². The molecule has 3 rings (SSSR count). The number of hydrogen-bond donors (Lipinski definition) is 1. The average Bonchev–Trinajstić information content (AvgIpc) is 2.74. The molecule has 0 saturated carbocycles. The number of nitrogens with one attached hydrogen (secondary N) is 1. The summed E-state index contributed by atoms with van der Waals surface area (Å²) < 4.78 is 48.2. The molecule has 0 aliphatic carbocycles. The fraction of sp³-hybridized carbons (Fsp3) is 0.333. The van der Waals surface area contributed by atoms with Crippen LogP contribution in [0.1, 0.15) is 28.8 Å². The topological polar surface area (TPSA) is 83.6 Å². The lowest BCUT2D eigenvalue weighted by atomic mass is 9.96. The zero-order valence-electron chi connectivity index (χ0n) is 16.3. The van der Waals surface area contributed by atoms with Crippen molar-refractivity contribution in [2.24, 2.45) is 5.92 Å². The maximum Gasteiger partial charge on any atom is 0.341 e. The fourth-order valence-corrected chi connectivity index (χ4v) is 4.05. The summed E-state index contributed by atoms with van der Waals surface area (Å²) in [4.78, 5) is 26.5. The third kappa shape index (κ3) is 4.84. The molecule has 1 fully saturated rings. The normalized spacial score (nSPS) is 17.1. The van der Waals surface area contributed by atoms with Crippen molar-refractivity contribution in [3.05, 3.63) is 59.7 Å². The highest BCUT2D eigenvalue weighted by Gasteiger charge is 2.29. The Kier molecular flexibility index (Phi) is 6.50. The molecule has 30 heavy (non-hydrogen) atoms. The van der Waals surface area contributed by atoms with Gasteiger partial charge in [-0.25, -0.2) is 8.42 Å². The van der Waals surface area contributed by atoms with Gasteiger partial charge in [-0.05, 0) is 56.2 Å². The molecule has 1 heterocycles. The van der Waals surface area contributed by atoms with Gasteiger partial charge in [0.1, 0.15) is 0 Å². The van der Waals surface area contributed by atoms with Gasteiger partial charge in [0.25, 0.3) is 5.91 Å². The minimum Gasteiger partial charge on any atom is -0.338 e. The lowest BCUT2D eigenvalue weighted by Crippen LogP contribution is -2.43. The molecular weight excluding hydrogens is 414 g/mol. The number of halogens is 2. The zero-order valence-corrected chi connectivity index (χ0v) is 17.2. The van der Waals surface area contributed by atoms with E-state index in [-0.39, 0.29) is 18.4 Å². The summed E-state index contributed by atoms with van der Waals surface area (Å²) in [6.07, 6.45) is 1.29. The molecule has 1 aliphatic rings. The van der Waals surface area contributed by atoms with Gasteiger partial charge in [-0.15, -0.1) is 0 Å². The van der Waals surface area contributed by atoms with Crippen molar-refractivity contribution < 1.29 is 26.8 Å². The fourth-order valence-electron chi connectivity index (χ4n) is 3.33. The minimum absolute atomic E-state index is 0.131. The molecule has 9 heteroatoms. The van der Waals surface area contributed by atoms with E-state index in [9.17, 15) is 26.8 Å². The number of nitrogens with zero attached hydrogens (tertiary/aromatic N) is 1. The highest BCUT2D eigenvalue weighted by Crippen LogP contribution is 2.23. The summed E-state index contributed by atoms with van der Waals surface area (Å²) in [5, 5.41) is 2.67. The highest BCUT2D eigenvalue weighted by atomic mass is 32.2. The van der Waals surface area contributed by atoms with Crippen LogP contribution in [0.2, 0.25) is 0 Å². The average molecular weight is 436 g/mol. The molecule has 1 aliphatic heterocycles. The van der Waals surface area contributed by atoms with Crippen LogP contribution in [0.5, 0.6) is 0 Å². The number of anilines is 1. The summed E-state index contributed by atoms with van der Waals surface area (Å²) in [6, 6.07) is 11.8. The van der Waals surface area contributed by atoms with Crippen LogP contribution < -0.4 is 5.32 Å². The Morgan fingerprint density at radius 3 is 2.30 bits per heavy atom. The Morgan fingerprint density at radius 1 is 1.07 bits per heavy atom. The van der Waals surface area contributed by atoms with E-state index in [0.29, 0.717) is 30.6 Å². The quantitative estimate of drug-likeness (QED) is 0.778. The Balaban J connectivity index is 1.64. The largest absolute Gasteiger partial charge is 0.341 e. The van der Waals surface area contributed by atoms with Gasteiger partial charge in [0.2, 0.25) is 15.7 Å². The van der Waals surface area contributed by atoms with Gasteiger partial charge in [0.15, 0.2) is 0 Å². The summed E-state index contributed by atoms with van der Waals surface area (Å²) in [7, 11) is -4.68. The van der Waals surface area contributed by atoms with Gasteiger partial charge >= 0.3 is 5.76 Å². The van der Waals surface area contributed by atoms with Crippen LogP contribution in [-0.4, -0.2) is 44.0 Å². The Hall–Kier alpha value is -2.81. The third-order valence-corrected chi connectivity index (χ3v) is 6.46. The van der Waals surface area contributed by atoms with Gasteiger partial charge in [0.05, 0.1) is 10.8 Å². The van der Waals surface area contributed by atoms with E-state index in [1.54, 1.807) is 17.0 Å². The smallest absolute Gasteiger partial charge is 0.338 e. The standard InChI is InChI=1S/C21H22F2N2O4S/c1-14-4-6-15(7-5-14)20(27)25-12-2-3-16(13-25)19(26)24-17-8-10-18(11-9-17)30(28,29)21(22)23/h4-11,16,21H,2-3,12-13H2,1H3,(H,24,26). The number of rotatable bonds is 5. The predicted molar refractivity (Wildman–Crippen MR) is 108 cm³/mol. The van der Waals surface area contributed by atoms with E-state index in [1.807, 2.05) is 19.1 Å². The van der Waals surface area contributed by atoms with Crippen molar-refractivity contribution in [3.8, 4) is 0 Å². The lowest BCUT2D eigenvalue weighted by Gasteiger charge is -2.32. The molecule has 1 N–H and O–H groups in total.